The van der Waals surface area contributed by atoms with Gasteiger partial charge < -0.3 is 19.8 Å². The first kappa shape index (κ1) is 14.4. The molecule has 1 unspecified atom stereocenters. The van der Waals surface area contributed by atoms with Crippen molar-refractivity contribution in [2.24, 2.45) is 0 Å². The molecule has 5 nitrogen and oxygen atoms in total. The number of carbonyl (C=O) groups excluding carboxylic acids is 1. The first-order valence-corrected chi connectivity index (χ1v) is 7.10. The van der Waals surface area contributed by atoms with Crippen molar-refractivity contribution in [3.63, 3.8) is 0 Å². The maximum absolute atomic E-state index is 12.2. The topological polar surface area (TPSA) is 78.3 Å². The Morgan fingerprint density at radius 1 is 1.36 bits per heavy atom. The van der Waals surface area contributed by atoms with Gasteiger partial charge in [0.15, 0.2) is 0 Å². The number of furan rings is 1. The van der Waals surface area contributed by atoms with Gasteiger partial charge in [0.2, 0.25) is 0 Å². The van der Waals surface area contributed by atoms with E-state index in [0.717, 1.165) is 16.5 Å². The Balaban J connectivity index is 1.73. The number of fused-ring (bicyclic) bond motifs is 1. The van der Waals surface area contributed by atoms with Gasteiger partial charge in [-0.15, -0.1) is 0 Å². The molecule has 0 fully saturated rings. The van der Waals surface area contributed by atoms with Gasteiger partial charge in [0, 0.05) is 10.9 Å². The maximum Gasteiger partial charge on any atom is 0.267 e. The molecule has 2 aromatic heterocycles. The van der Waals surface area contributed by atoms with E-state index in [1.807, 2.05) is 25.1 Å². The number of hydrogen-bond donors (Lipinski definition) is 3. The summed E-state index contributed by atoms with van der Waals surface area (Å²) in [5, 5.41) is 14.0. The van der Waals surface area contributed by atoms with E-state index in [4.69, 9.17) is 4.42 Å². The molecule has 1 atom stereocenters. The zero-order chi connectivity index (χ0) is 15.7. The van der Waals surface area contributed by atoms with Crippen LogP contribution >= 0.6 is 0 Å². The molecule has 1 aromatic carbocycles. The molecule has 0 aliphatic heterocycles. The number of rotatable bonds is 4. The van der Waals surface area contributed by atoms with E-state index < -0.39 is 5.60 Å². The van der Waals surface area contributed by atoms with Crippen molar-refractivity contribution in [2.75, 3.05) is 6.54 Å². The molecule has 3 aromatic rings. The molecule has 114 valence electrons. The zero-order valence-electron chi connectivity index (χ0n) is 12.5. The molecule has 22 heavy (non-hydrogen) atoms. The number of aromatic amines is 1. The van der Waals surface area contributed by atoms with Crippen molar-refractivity contribution in [3.05, 3.63) is 59.7 Å². The second-order valence-electron chi connectivity index (χ2n) is 5.71. The van der Waals surface area contributed by atoms with Gasteiger partial charge in [0.1, 0.15) is 17.1 Å². The van der Waals surface area contributed by atoms with Crippen molar-refractivity contribution >= 4 is 16.8 Å². The second kappa shape index (κ2) is 5.35. The number of H-pyrrole nitrogens is 1. The zero-order valence-corrected chi connectivity index (χ0v) is 12.5. The molecule has 0 aliphatic carbocycles. The summed E-state index contributed by atoms with van der Waals surface area (Å²) in [6, 6.07) is 11.1. The lowest BCUT2D eigenvalue weighted by Gasteiger charge is -2.20. The van der Waals surface area contributed by atoms with E-state index in [1.165, 1.54) is 6.26 Å². The van der Waals surface area contributed by atoms with Gasteiger partial charge in [0.25, 0.3) is 5.91 Å². The monoisotopic (exact) mass is 298 g/mol. The molecule has 3 rings (SSSR count). The van der Waals surface area contributed by atoms with Crippen molar-refractivity contribution in [1.29, 1.82) is 0 Å². The summed E-state index contributed by atoms with van der Waals surface area (Å²) in [5.41, 5.74) is 1.27. The maximum atomic E-state index is 12.2. The highest BCUT2D eigenvalue weighted by Crippen LogP contribution is 2.20. The molecule has 2 heterocycles. The van der Waals surface area contributed by atoms with Crippen molar-refractivity contribution in [3.8, 4) is 0 Å². The van der Waals surface area contributed by atoms with Gasteiger partial charge >= 0.3 is 0 Å². The third-order valence-corrected chi connectivity index (χ3v) is 3.67. The number of amides is 1. The molecule has 0 bridgehead atoms. The Hall–Kier alpha value is -2.53. The number of hydrogen-bond acceptors (Lipinski definition) is 3. The smallest absolute Gasteiger partial charge is 0.267 e. The molecular formula is C17H18N2O3. The molecule has 0 saturated carbocycles. The Kier molecular flexibility index (Phi) is 3.50. The van der Waals surface area contributed by atoms with Crippen LogP contribution in [-0.4, -0.2) is 22.5 Å². The fraction of sp³-hybridized carbons (Fsp3) is 0.235. The van der Waals surface area contributed by atoms with Gasteiger partial charge in [-0.1, -0.05) is 12.1 Å². The van der Waals surface area contributed by atoms with E-state index >= 15 is 0 Å². The van der Waals surface area contributed by atoms with Crippen LogP contribution in [0.25, 0.3) is 10.9 Å². The lowest BCUT2D eigenvalue weighted by atomic mass is 10.0. The number of carbonyl (C=O) groups is 1. The number of benzene rings is 1. The second-order valence-corrected chi connectivity index (χ2v) is 5.71. The lowest BCUT2D eigenvalue weighted by Crippen LogP contribution is -2.38. The minimum Gasteiger partial charge on any atom is -0.466 e. The Labute approximate surface area is 128 Å². The Morgan fingerprint density at radius 2 is 2.18 bits per heavy atom. The summed E-state index contributed by atoms with van der Waals surface area (Å²) in [4.78, 5) is 15.3. The normalized spacial score (nSPS) is 14.0. The van der Waals surface area contributed by atoms with Crippen molar-refractivity contribution in [2.45, 2.75) is 19.4 Å². The molecule has 1 amide bonds. The van der Waals surface area contributed by atoms with Crippen LogP contribution in [0.15, 0.2) is 47.1 Å². The molecule has 0 radical (unpaired) electrons. The number of aryl methyl sites for hydroxylation is 1. The molecule has 0 aliphatic rings. The first-order chi connectivity index (χ1) is 10.5. The highest BCUT2D eigenvalue weighted by atomic mass is 16.4. The van der Waals surface area contributed by atoms with Crippen LogP contribution in [0.4, 0.5) is 0 Å². The van der Waals surface area contributed by atoms with E-state index in [2.05, 4.69) is 10.3 Å². The SMILES string of the molecule is Cc1ccc2cc(C(=O)NCC(C)(O)c3ccco3)[nH]c2c1. The molecule has 3 N–H and O–H groups in total. The van der Waals surface area contributed by atoms with E-state index in [-0.39, 0.29) is 12.5 Å². The lowest BCUT2D eigenvalue weighted by molar-refractivity contribution is 0.0329. The number of nitrogens with one attached hydrogen (secondary N) is 2. The van der Waals surface area contributed by atoms with Gasteiger partial charge in [-0.05, 0) is 43.7 Å². The summed E-state index contributed by atoms with van der Waals surface area (Å²) in [5.74, 6) is 0.153. The molecule has 0 saturated heterocycles. The molecular weight excluding hydrogens is 280 g/mol. The van der Waals surface area contributed by atoms with Gasteiger partial charge in [-0.2, -0.15) is 0 Å². The third-order valence-electron chi connectivity index (χ3n) is 3.67. The fourth-order valence-corrected chi connectivity index (χ4v) is 2.38. The fourth-order valence-electron chi connectivity index (χ4n) is 2.38. The van der Waals surface area contributed by atoms with Crippen LogP contribution in [0, 0.1) is 6.92 Å². The molecule has 0 spiro atoms. The summed E-state index contributed by atoms with van der Waals surface area (Å²) in [6.07, 6.45) is 1.49. The average molecular weight is 298 g/mol. The van der Waals surface area contributed by atoms with Gasteiger partial charge in [-0.3, -0.25) is 4.79 Å². The summed E-state index contributed by atoms with van der Waals surface area (Å²) in [6.45, 7) is 3.66. The predicted octanol–water partition coefficient (Wildman–Crippen LogP) is 2.71. The highest BCUT2D eigenvalue weighted by molar-refractivity contribution is 5.98. The highest BCUT2D eigenvalue weighted by Gasteiger charge is 2.27. The average Bonchev–Trinajstić information content (AvgIpc) is 3.13. The largest absolute Gasteiger partial charge is 0.466 e. The summed E-state index contributed by atoms with van der Waals surface area (Å²) >= 11 is 0. The number of aromatic nitrogens is 1. The third kappa shape index (κ3) is 2.76. The van der Waals surface area contributed by atoms with Crippen LogP contribution in [0.1, 0.15) is 28.7 Å². The van der Waals surface area contributed by atoms with E-state index in [0.29, 0.717) is 11.5 Å². The van der Waals surface area contributed by atoms with Crippen molar-refractivity contribution < 1.29 is 14.3 Å². The van der Waals surface area contributed by atoms with Crippen LogP contribution in [-0.2, 0) is 5.60 Å². The molecule has 5 heteroatoms. The summed E-state index contributed by atoms with van der Waals surface area (Å²) < 4.78 is 5.19. The Bertz CT molecular complexity index is 801. The standard InChI is InChI=1S/C17H18N2O3/c1-11-5-6-12-9-14(19-13(12)8-11)16(20)18-10-17(2,21)15-4-3-7-22-15/h3-9,19,21H,10H2,1-2H3,(H,18,20). The quantitative estimate of drug-likeness (QED) is 0.693. The van der Waals surface area contributed by atoms with E-state index in [9.17, 15) is 9.90 Å². The Morgan fingerprint density at radius 3 is 2.91 bits per heavy atom. The van der Waals surface area contributed by atoms with Crippen LogP contribution in [0.3, 0.4) is 0 Å². The van der Waals surface area contributed by atoms with Gasteiger partial charge in [0.05, 0.1) is 12.8 Å². The minimum atomic E-state index is -1.25. The minimum absolute atomic E-state index is 0.0632. The van der Waals surface area contributed by atoms with Crippen LogP contribution in [0.2, 0.25) is 0 Å². The summed E-state index contributed by atoms with van der Waals surface area (Å²) in [7, 11) is 0. The van der Waals surface area contributed by atoms with Crippen molar-refractivity contribution in [1.82, 2.24) is 10.3 Å². The van der Waals surface area contributed by atoms with Crippen LogP contribution < -0.4 is 5.32 Å². The first-order valence-electron chi connectivity index (χ1n) is 7.10. The number of aliphatic hydroxyl groups is 1. The predicted molar refractivity (Wildman–Crippen MR) is 83.6 cm³/mol. The van der Waals surface area contributed by atoms with Crippen LogP contribution in [0.5, 0.6) is 0 Å². The van der Waals surface area contributed by atoms with E-state index in [1.54, 1.807) is 25.1 Å². The van der Waals surface area contributed by atoms with Gasteiger partial charge in [-0.25, -0.2) is 0 Å².